The number of allylic oxidation sites excluding steroid dienone is 22. The Morgan fingerprint density at radius 1 is 0.259 bits per heavy atom. The lowest BCUT2D eigenvalue weighted by Gasteiger charge is -2.18. The fourth-order valence-electron chi connectivity index (χ4n) is 9.14. The van der Waals surface area contributed by atoms with Crippen molar-refractivity contribution >= 4 is 17.9 Å². The van der Waals surface area contributed by atoms with E-state index < -0.39 is 6.10 Å². The molecule has 1 atom stereocenters. The van der Waals surface area contributed by atoms with E-state index in [0.29, 0.717) is 19.3 Å². The van der Waals surface area contributed by atoms with Crippen molar-refractivity contribution in [3.63, 3.8) is 0 Å². The fraction of sp³-hybridized carbons (Fsp3) is 0.667. The van der Waals surface area contributed by atoms with Gasteiger partial charge in [-0.3, -0.25) is 14.4 Å². The zero-order valence-electron chi connectivity index (χ0n) is 52.8. The molecule has 0 bridgehead atoms. The van der Waals surface area contributed by atoms with Crippen molar-refractivity contribution in [1.82, 2.24) is 0 Å². The van der Waals surface area contributed by atoms with Crippen LogP contribution in [0.15, 0.2) is 134 Å². The zero-order chi connectivity index (χ0) is 58.5. The maximum atomic E-state index is 13.0. The van der Waals surface area contributed by atoms with Crippen molar-refractivity contribution < 1.29 is 28.6 Å². The maximum Gasteiger partial charge on any atom is 0.306 e. The van der Waals surface area contributed by atoms with Crippen molar-refractivity contribution in [2.45, 2.75) is 309 Å². The quantitative estimate of drug-likeness (QED) is 0.0261. The van der Waals surface area contributed by atoms with E-state index in [9.17, 15) is 14.4 Å². The molecular weight excluding hydrogens is 997 g/mol. The van der Waals surface area contributed by atoms with Gasteiger partial charge in [-0.15, -0.1) is 0 Å². The molecule has 0 radical (unpaired) electrons. The summed E-state index contributed by atoms with van der Waals surface area (Å²) in [5.74, 6) is -0.916. The molecule has 0 N–H and O–H groups in total. The number of carbonyl (C=O) groups is 3. The van der Waals surface area contributed by atoms with Gasteiger partial charge in [0, 0.05) is 19.3 Å². The summed E-state index contributed by atoms with van der Waals surface area (Å²) < 4.78 is 17.0. The van der Waals surface area contributed by atoms with E-state index in [1.807, 2.05) is 0 Å². The Hall–Kier alpha value is -4.45. The van der Waals surface area contributed by atoms with Crippen LogP contribution in [0, 0.1) is 0 Å². The van der Waals surface area contributed by atoms with E-state index in [1.54, 1.807) is 0 Å². The molecule has 0 amide bonds. The summed E-state index contributed by atoms with van der Waals surface area (Å²) in [6.45, 7) is 6.40. The second-order valence-corrected chi connectivity index (χ2v) is 22.0. The van der Waals surface area contributed by atoms with Crippen molar-refractivity contribution in [3.8, 4) is 0 Å². The zero-order valence-corrected chi connectivity index (χ0v) is 52.8. The molecule has 0 saturated heterocycles. The number of rotatable bonds is 60. The standard InChI is InChI=1S/C75H124O6/c1-4-7-10-13-16-19-22-25-28-31-34-36-37-39-41-44-47-50-53-56-59-62-65-68-74(77)80-71-72(70-79-73(76)67-64-61-58-55-52-49-46-43-40-33-30-27-24-21-18-15-12-9-6-3)81-75(78)69-66-63-60-57-54-51-48-45-42-38-35-32-29-26-23-20-17-14-11-8-5-2/h8-9,11-12,17-18,20-22,25-27,29-31,34-35,37-40,43,72H,4-7,10,13-16,19,23-24,28,32-33,36,41-42,44-71H2,1-3H3/b11-8-,12-9-,20-17-,21-18-,25-22-,29-26-,30-27-,34-31-,38-35-,39-37-,43-40-. The average molecular weight is 1120 g/mol. The molecule has 0 saturated carbocycles. The minimum absolute atomic E-state index is 0.0934. The van der Waals surface area contributed by atoms with Gasteiger partial charge in [0.15, 0.2) is 6.10 Å². The lowest BCUT2D eigenvalue weighted by atomic mass is 10.1. The first-order chi connectivity index (χ1) is 40.0. The third-order valence-corrected chi connectivity index (χ3v) is 14.1. The predicted octanol–water partition coefficient (Wildman–Crippen LogP) is 23.3. The summed E-state index contributed by atoms with van der Waals surface area (Å²) >= 11 is 0. The van der Waals surface area contributed by atoms with E-state index >= 15 is 0 Å². The number of hydrogen-bond donors (Lipinski definition) is 0. The second-order valence-electron chi connectivity index (χ2n) is 22.0. The Morgan fingerprint density at radius 2 is 0.481 bits per heavy atom. The molecule has 0 heterocycles. The van der Waals surface area contributed by atoms with Crippen molar-refractivity contribution in [1.29, 1.82) is 0 Å². The van der Waals surface area contributed by atoms with E-state index in [2.05, 4.69) is 154 Å². The van der Waals surface area contributed by atoms with Crippen LogP contribution in [0.5, 0.6) is 0 Å². The smallest absolute Gasteiger partial charge is 0.306 e. The van der Waals surface area contributed by atoms with Gasteiger partial charge in [-0.2, -0.15) is 0 Å². The highest BCUT2D eigenvalue weighted by molar-refractivity contribution is 5.71. The van der Waals surface area contributed by atoms with Crippen molar-refractivity contribution in [2.24, 2.45) is 0 Å². The number of unbranched alkanes of at least 4 members (excludes halogenated alkanes) is 27. The van der Waals surface area contributed by atoms with Crippen LogP contribution in [0.25, 0.3) is 0 Å². The highest BCUT2D eigenvalue weighted by Gasteiger charge is 2.19. The number of ether oxygens (including phenoxy) is 3. The lowest BCUT2D eigenvalue weighted by Crippen LogP contribution is -2.30. The molecule has 0 aliphatic carbocycles. The molecule has 81 heavy (non-hydrogen) atoms. The van der Waals surface area contributed by atoms with Crippen LogP contribution in [0.2, 0.25) is 0 Å². The Balaban J connectivity index is 4.45. The predicted molar refractivity (Wildman–Crippen MR) is 353 cm³/mol. The van der Waals surface area contributed by atoms with Crippen molar-refractivity contribution in [2.75, 3.05) is 13.2 Å². The average Bonchev–Trinajstić information content (AvgIpc) is 3.47. The van der Waals surface area contributed by atoms with Crippen LogP contribution in [-0.4, -0.2) is 37.2 Å². The molecule has 1 unspecified atom stereocenters. The minimum atomic E-state index is -0.799. The molecule has 0 aliphatic rings. The van der Waals surface area contributed by atoms with Crippen LogP contribution >= 0.6 is 0 Å². The third kappa shape index (κ3) is 66.2. The summed E-state index contributed by atoms with van der Waals surface area (Å²) in [6, 6.07) is 0. The Kier molecular flexibility index (Phi) is 64.3. The van der Waals surface area contributed by atoms with Gasteiger partial charge in [-0.1, -0.05) is 283 Å². The molecule has 460 valence electrons. The van der Waals surface area contributed by atoms with E-state index in [1.165, 1.54) is 116 Å². The van der Waals surface area contributed by atoms with Gasteiger partial charge in [0.2, 0.25) is 0 Å². The lowest BCUT2D eigenvalue weighted by molar-refractivity contribution is -0.167. The van der Waals surface area contributed by atoms with Gasteiger partial charge in [-0.25, -0.2) is 0 Å². The van der Waals surface area contributed by atoms with Crippen LogP contribution in [0.1, 0.15) is 303 Å². The van der Waals surface area contributed by atoms with Gasteiger partial charge in [0.1, 0.15) is 13.2 Å². The normalized spacial score (nSPS) is 13.0. The van der Waals surface area contributed by atoms with E-state index in [4.69, 9.17) is 14.2 Å². The van der Waals surface area contributed by atoms with Crippen molar-refractivity contribution in [3.05, 3.63) is 134 Å². The van der Waals surface area contributed by atoms with Gasteiger partial charge < -0.3 is 14.2 Å². The highest BCUT2D eigenvalue weighted by Crippen LogP contribution is 2.15. The second kappa shape index (κ2) is 68.1. The van der Waals surface area contributed by atoms with E-state index in [-0.39, 0.29) is 31.1 Å². The minimum Gasteiger partial charge on any atom is -0.462 e. The molecule has 6 nitrogen and oxygen atoms in total. The summed E-state index contributed by atoms with van der Waals surface area (Å²) in [6.07, 6.45) is 95.9. The number of hydrogen-bond acceptors (Lipinski definition) is 6. The summed E-state index contributed by atoms with van der Waals surface area (Å²) in [4.78, 5) is 38.5. The van der Waals surface area contributed by atoms with Crippen LogP contribution < -0.4 is 0 Å². The van der Waals surface area contributed by atoms with Crippen LogP contribution in [0.4, 0.5) is 0 Å². The van der Waals surface area contributed by atoms with Gasteiger partial charge >= 0.3 is 17.9 Å². The first-order valence-electron chi connectivity index (χ1n) is 33.7. The first-order valence-corrected chi connectivity index (χ1v) is 33.7. The molecule has 0 fully saturated rings. The third-order valence-electron chi connectivity index (χ3n) is 14.1. The molecule has 6 heteroatoms. The molecule has 0 spiro atoms. The largest absolute Gasteiger partial charge is 0.462 e. The number of esters is 3. The summed E-state index contributed by atoms with van der Waals surface area (Å²) in [7, 11) is 0. The molecule has 0 aromatic carbocycles. The Labute approximate surface area is 500 Å². The Bertz CT molecular complexity index is 1720. The van der Waals surface area contributed by atoms with Crippen LogP contribution in [0.3, 0.4) is 0 Å². The van der Waals surface area contributed by atoms with E-state index in [0.717, 1.165) is 148 Å². The molecular formula is C75H124O6. The van der Waals surface area contributed by atoms with Gasteiger partial charge in [0.05, 0.1) is 0 Å². The molecule has 0 rings (SSSR count). The summed E-state index contributed by atoms with van der Waals surface area (Å²) in [5.41, 5.74) is 0. The number of carbonyl (C=O) groups excluding carboxylic acids is 3. The molecule has 0 aromatic rings. The highest BCUT2D eigenvalue weighted by atomic mass is 16.6. The molecule has 0 aromatic heterocycles. The monoisotopic (exact) mass is 1120 g/mol. The van der Waals surface area contributed by atoms with Gasteiger partial charge in [0.25, 0.3) is 0 Å². The maximum absolute atomic E-state index is 13.0. The summed E-state index contributed by atoms with van der Waals surface area (Å²) in [5, 5.41) is 0. The SMILES string of the molecule is CC/C=C\C/C=C\C/C=C\C/C=C\CCCCCCCCCCC(=O)OC(COC(=O)CCCCCCCC/C=C\C/C=C\C/C=C\C/C=C\CC)COC(=O)CCCCCCCCCC/C=C\C/C=C\C/C=C\CCCCCCC. The van der Waals surface area contributed by atoms with Gasteiger partial charge in [-0.05, 0) is 135 Å². The molecule has 0 aliphatic heterocycles. The van der Waals surface area contributed by atoms with Crippen LogP contribution in [-0.2, 0) is 28.6 Å². The first kappa shape index (κ1) is 76.5. The fourth-order valence-corrected chi connectivity index (χ4v) is 9.14. The Morgan fingerprint density at radius 3 is 0.753 bits per heavy atom. The topological polar surface area (TPSA) is 78.9 Å².